The van der Waals surface area contributed by atoms with Gasteiger partial charge in [0.2, 0.25) is 0 Å². The number of ether oxygens (including phenoxy) is 2. The number of esters is 1. The van der Waals surface area contributed by atoms with Crippen molar-refractivity contribution in [1.29, 1.82) is 5.26 Å². The molecular formula is C10H5F4NO3. The van der Waals surface area contributed by atoms with E-state index in [1.165, 1.54) is 6.07 Å². The van der Waals surface area contributed by atoms with Gasteiger partial charge in [-0.3, -0.25) is 0 Å². The standard InChI is InChI=1S/C10H5F4NO3/c1-17-9(16)6-3-7(11)5(4-15)2-8(6)18-10(12,13)14/h2-3H,1H3. The molecule has 0 unspecified atom stereocenters. The highest BCUT2D eigenvalue weighted by molar-refractivity contribution is 5.92. The van der Waals surface area contributed by atoms with E-state index in [9.17, 15) is 22.4 Å². The van der Waals surface area contributed by atoms with Crippen LogP contribution in [0.2, 0.25) is 0 Å². The van der Waals surface area contributed by atoms with E-state index in [-0.39, 0.29) is 0 Å². The summed E-state index contributed by atoms with van der Waals surface area (Å²) in [6.07, 6.45) is -5.08. The van der Waals surface area contributed by atoms with Gasteiger partial charge < -0.3 is 9.47 Å². The number of nitrogens with zero attached hydrogens (tertiary/aromatic N) is 1. The number of methoxy groups -OCH3 is 1. The second kappa shape index (κ2) is 4.91. The molecule has 0 N–H and O–H groups in total. The fourth-order valence-electron chi connectivity index (χ4n) is 1.12. The number of nitriles is 1. The molecule has 1 rings (SSSR count). The van der Waals surface area contributed by atoms with Crippen LogP contribution in [0, 0.1) is 17.1 Å². The highest BCUT2D eigenvalue weighted by Gasteiger charge is 2.33. The first-order chi connectivity index (χ1) is 8.28. The molecule has 0 amide bonds. The molecule has 96 valence electrons. The molecule has 0 aliphatic heterocycles. The number of halogens is 4. The number of carbonyl (C=O) groups is 1. The molecule has 0 saturated heterocycles. The largest absolute Gasteiger partial charge is 0.573 e. The Hall–Kier alpha value is -2.30. The van der Waals surface area contributed by atoms with Crippen LogP contribution in [0.4, 0.5) is 17.6 Å². The molecule has 0 radical (unpaired) electrons. The summed E-state index contributed by atoms with van der Waals surface area (Å²) in [7, 11) is 0.913. The van der Waals surface area contributed by atoms with E-state index >= 15 is 0 Å². The van der Waals surface area contributed by atoms with E-state index in [0.717, 1.165) is 7.11 Å². The van der Waals surface area contributed by atoms with Gasteiger partial charge in [-0.2, -0.15) is 5.26 Å². The van der Waals surface area contributed by atoms with Crippen molar-refractivity contribution in [3.8, 4) is 11.8 Å². The van der Waals surface area contributed by atoms with Gasteiger partial charge in [-0.05, 0) is 6.07 Å². The van der Waals surface area contributed by atoms with Gasteiger partial charge in [-0.25, -0.2) is 9.18 Å². The van der Waals surface area contributed by atoms with Crippen molar-refractivity contribution in [2.24, 2.45) is 0 Å². The van der Waals surface area contributed by atoms with Crippen molar-refractivity contribution in [2.45, 2.75) is 6.36 Å². The Morgan fingerprint density at radius 2 is 2.00 bits per heavy atom. The molecule has 8 heteroatoms. The number of rotatable bonds is 2. The summed E-state index contributed by atoms with van der Waals surface area (Å²) in [6, 6.07) is 2.26. The Labute approximate surface area is 98.3 Å². The third kappa shape index (κ3) is 3.10. The van der Waals surface area contributed by atoms with Crippen molar-refractivity contribution in [3.63, 3.8) is 0 Å². The second-order valence-corrected chi connectivity index (χ2v) is 2.98. The fourth-order valence-corrected chi connectivity index (χ4v) is 1.12. The van der Waals surface area contributed by atoms with Gasteiger partial charge in [0, 0.05) is 6.07 Å². The van der Waals surface area contributed by atoms with Crippen molar-refractivity contribution >= 4 is 5.97 Å². The molecule has 0 heterocycles. The van der Waals surface area contributed by atoms with Gasteiger partial charge >= 0.3 is 12.3 Å². The van der Waals surface area contributed by atoms with Gasteiger partial charge in [-0.15, -0.1) is 13.2 Å². The third-order valence-electron chi connectivity index (χ3n) is 1.82. The minimum absolute atomic E-state index is 0.450. The Morgan fingerprint density at radius 3 is 2.44 bits per heavy atom. The van der Waals surface area contributed by atoms with Crippen LogP contribution < -0.4 is 4.74 Å². The van der Waals surface area contributed by atoms with Gasteiger partial charge in [0.05, 0.1) is 12.7 Å². The first-order valence-electron chi connectivity index (χ1n) is 4.36. The molecule has 0 spiro atoms. The smallest absolute Gasteiger partial charge is 0.465 e. The molecule has 1 aromatic carbocycles. The fraction of sp³-hybridized carbons (Fsp3) is 0.200. The summed E-state index contributed by atoms with van der Waals surface area (Å²) in [6.45, 7) is 0. The summed E-state index contributed by atoms with van der Waals surface area (Å²) < 4.78 is 57.1. The van der Waals surface area contributed by atoms with Crippen LogP contribution in [-0.4, -0.2) is 19.4 Å². The van der Waals surface area contributed by atoms with Crippen molar-refractivity contribution < 1.29 is 31.8 Å². The van der Waals surface area contributed by atoms with E-state index < -0.39 is 35.0 Å². The van der Waals surface area contributed by atoms with E-state index in [1.54, 1.807) is 0 Å². The van der Waals surface area contributed by atoms with Crippen LogP contribution in [-0.2, 0) is 4.74 Å². The maximum absolute atomic E-state index is 13.2. The predicted molar refractivity (Wildman–Crippen MR) is 49.1 cm³/mol. The van der Waals surface area contributed by atoms with Crippen molar-refractivity contribution in [2.75, 3.05) is 7.11 Å². The first kappa shape index (κ1) is 13.8. The van der Waals surface area contributed by atoms with Crippen LogP contribution in [0.5, 0.6) is 5.75 Å². The second-order valence-electron chi connectivity index (χ2n) is 2.98. The van der Waals surface area contributed by atoms with Gasteiger partial charge in [0.25, 0.3) is 0 Å². The molecule has 0 bridgehead atoms. The predicted octanol–water partition coefficient (Wildman–Crippen LogP) is 2.38. The lowest BCUT2D eigenvalue weighted by molar-refractivity contribution is -0.274. The highest BCUT2D eigenvalue weighted by Crippen LogP contribution is 2.29. The summed E-state index contributed by atoms with van der Waals surface area (Å²) in [5.41, 5.74) is -1.44. The zero-order valence-electron chi connectivity index (χ0n) is 8.84. The van der Waals surface area contributed by atoms with Crippen molar-refractivity contribution in [1.82, 2.24) is 0 Å². The molecule has 18 heavy (non-hydrogen) atoms. The van der Waals surface area contributed by atoms with Crippen LogP contribution in [0.3, 0.4) is 0 Å². The molecule has 0 atom stereocenters. The van der Waals surface area contributed by atoms with E-state index in [0.29, 0.717) is 12.1 Å². The van der Waals surface area contributed by atoms with Gasteiger partial charge in [-0.1, -0.05) is 0 Å². The summed E-state index contributed by atoms with van der Waals surface area (Å²) in [5.74, 6) is -3.35. The Bertz CT molecular complexity index is 519. The SMILES string of the molecule is COC(=O)c1cc(F)c(C#N)cc1OC(F)(F)F. The molecule has 4 nitrogen and oxygen atoms in total. The number of carbonyl (C=O) groups excluding carboxylic acids is 1. The lowest BCUT2D eigenvalue weighted by Gasteiger charge is -2.12. The molecular weight excluding hydrogens is 258 g/mol. The molecule has 0 aromatic heterocycles. The van der Waals surface area contributed by atoms with Crippen LogP contribution in [0.1, 0.15) is 15.9 Å². The summed E-state index contributed by atoms with van der Waals surface area (Å²) in [4.78, 5) is 11.2. The summed E-state index contributed by atoms with van der Waals surface area (Å²) >= 11 is 0. The van der Waals surface area contributed by atoms with E-state index in [4.69, 9.17) is 5.26 Å². The minimum atomic E-state index is -5.08. The van der Waals surface area contributed by atoms with Gasteiger partial charge in [0.15, 0.2) is 0 Å². The molecule has 0 saturated carbocycles. The third-order valence-corrected chi connectivity index (χ3v) is 1.82. The maximum Gasteiger partial charge on any atom is 0.573 e. The minimum Gasteiger partial charge on any atom is -0.465 e. The molecule has 0 aliphatic carbocycles. The number of hydrogen-bond donors (Lipinski definition) is 0. The summed E-state index contributed by atoms with van der Waals surface area (Å²) in [5, 5.41) is 8.48. The average Bonchev–Trinajstić information content (AvgIpc) is 2.28. The highest BCUT2D eigenvalue weighted by atomic mass is 19.4. The Morgan fingerprint density at radius 1 is 1.39 bits per heavy atom. The number of benzene rings is 1. The quantitative estimate of drug-likeness (QED) is 0.607. The zero-order chi connectivity index (χ0) is 13.9. The van der Waals surface area contributed by atoms with Gasteiger partial charge in [0.1, 0.15) is 23.2 Å². The first-order valence-corrected chi connectivity index (χ1v) is 4.36. The average molecular weight is 263 g/mol. The normalized spacial score (nSPS) is 10.7. The van der Waals surface area contributed by atoms with Crippen LogP contribution >= 0.6 is 0 Å². The monoisotopic (exact) mass is 263 g/mol. The van der Waals surface area contributed by atoms with E-state index in [1.807, 2.05) is 0 Å². The van der Waals surface area contributed by atoms with Crippen LogP contribution in [0.25, 0.3) is 0 Å². The topological polar surface area (TPSA) is 59.3 Å². The van der Waals surface area contributed by atoms with Crippen molar-refractivity contribution in [3.05, 3.63) is 29.1 Å². The molecule has 0 aliphatic rings. The van der Waals surface area contributed by atoms with Crippen LogP contribution in [0.15, 0.2) is 12.1 Å². The lowest BCUT2D eigenvalue weighted by atomic mass is 10.1. The lowest BCUT2D eigenvalue weighted by Crippen LogP contribution is -2.19. The molecule has 1 aromatic rings. The number of alkyl halides is 3. The van der Waals surface area contributed by atoms with E-state index in [2.05, 4.69) is 9.47 Å². The Kier molecular flexibility index (Phi) is 3.76. The zero-order valence-corrected chi connectivity index (χ0v) is 8.84. The molecule has 0 fully saturated rings. The Balaban J connectivity index is 3.36. The number of hydrogen-bond acceptors (Lipinski definition) is 4. The maximum atomic E-state index is 13.2.